The first-order valence-corrected chi connectivity index (χ1v) is 8.85. The summed E-state index contributed by atoms with van der Waals surface area (Å²) in [5, 5.41) is 10.4. The largest absolute Gasteiger partial charge is 0.454 e. The highest BCUT2D eigenvalue weighted by Gasteiger charge is 2.25. The molecule has 1 N–H and O–H groups in total. The predicted molar refractivity (Wildman–Crippen MR) is 96.3 cm³/mol. The maximum atomic E-state index is 12.7. The Balaban J connectivity index is 1.32. The summed E-state index contributed by atoms with van der Waals surface area (Å²) in [7, 11) is 0. The Morgan fingerprint density at radius 1 is 1.00 bits per heavy atom. The van der Waals surface area contributed by atoms with Gasteiger partial charge in [0.1, 0.15) is 0 Å². The van der Waals surface area contributed by atoms with Crippen molar-refractivity contribution in [2.75, 3.05) is 39.5 Å². The summed E-state index contributed by atoms with van der Waals surface area (Å²) < 4.78 is 10.6. The fourth-order valence-corrected chi connectivity index (χ4v) is 3.37. The lowest BCUT2D eigenvalue weighted by Crippen LogP contribution is -2.49. The Kier molecular flexibility index (Phi) is 4.77. The molecule has 0 saturated carbocycles. The first-order valence-electron chi connectivity index (χ1n) is 8.85. The smallest absolute Gasteiger partial charge is 0.254 e. The van der Waals surface area contributed by atoms with Gasteiger partial charge in [-0.3, -0.25) is 9.69 Å². The van der Waals surface area contributed by atoms with Crippen molar-refractivity contribution < 1.29 is 19.4 Å². The highest BCUT2D eigenvalue weighted by molar-refractivity contribution is 5.95. The Morgan fingerprint density at radius 2 is 1.73 bits per heavy atom. The average Bonchev–Trinajstić information content (AvgIpc) is 3.16. The summed E-state index contributed by atoms with van der Waals surface area (Å²) >= 11 is 0. The van der Waals surface area contributed by atoms with Gasteiger partial charge in [-0.2, -0.15) is 0 Å². The lowest BCUT2D eigenvalue weighted by Gasteiger charge is -2.35. The van der Waals surface area contributed by atoms with Crippen molar-refractivity contribution in [3.8, 4) is 11.5 Å². The van der Waals surface area contributed by atoms with E-state index in [0.717, 1.165) is 18.7 Å². The van der Waals surface area contributed by atoms with Crippen molar-refractivity contribution in [1.82, 2.24) is 9.80 Å². The number of ether oxygens (including phenoxy) is 2. The zero-order chi connectivity index (χ0) is 17.9. The summed E-state index contributed by atoms with van der Waals surface area (Å²) in [6, 6.07) is 15.0. The number of piperazine rings is 1. The Hall–Kier alpha value is -2.57. The van der Waals surface area contributed by atoms with Crippen molar-refractivity contribution in [2.24, 2.45) is 0 Å². The molecule has 0 spiro atoms. The molecule has 0 unspecified atom stereocenters. The molecule has 1 atom stereocenters. The Labute approximate surface area is 152 Å². The molecule has 1 amide bonds. The number of carbonyl (C=O) groups is 1. The first kappa shape index (κ1) is 16.9. The van der Waals surface area contributed by atoms with Crippen molar-refractivity contribution in [1.29, 1.82) is 0 Å². The third-order valence-electron chi connectivity index (χ3n) is 4.89. The number of carbonyl (C=O) groups excluding carboxylic acids is 1. The summed E-state index contributed by atoms with van der Waals surface area (Å²) in [5.74, 6) is 1.31. The van der Waals surface area contributed by atoms with E-state index < -0.39 is 6.10 Å². The van der Waals surface area contributed by atoms with Crippen LogP contribution in [-0.4, -0.2) is 60.3 Å². The van der Waals surface area contributed by atoms with E-state index in [1.54, 1.807) is 18.2 Å². The number of nitrogens with zero attached hydrogens (tertiary/aromatic N) is 2. The van der Waals surface area contributed by atoms with Gasteiger partial charge in [0, 0.05) is 38.3 Å². The number of aliphatic hydroxyl groups is 1. The van der Waals surface area contributed by atoms with Crippen LogP contribution in [0.4, 0.5) is 0 Å². The Bertz CT molecular complexity index is 773. The fourth-order valence-electron chi connectivity index (χ4n) is 3.37. The van der Waals surface area contributed by atoms with Gasteiger partial charge in [0.05, 0.1) is 6.10 Å². The third-order valence-corrected chi connectivity index (χ3v) is 4.89. The van der Waals surface area contributed by atoms with Gasteiger partial charge in [-0.1, -0.05) is 30.3 Å². The number of hydrogen-bond donors (Lipinski definition) is 1. The molecule has 2 aromatic carbocycles. The molecule has 1 fully saturated rings. The first-order chi connectivity index (χ1) is 12.7. The van der Waals surface area contributed by atoms with Crippen LogP contribution in [0.25, 0.3) is 0 Å². The lowest BCUT2D eigenvalue weighted by atomic mass is 10.1. The summed E-state index contributed by atoms with van der Waals surface area (Å²) in [6.45, 7) is 3.58. The van der Waals surface area contributed by atoms with Crippen molar-refractivity contribution in [2.45, 2.75) is 6.10 Å². The zero-order valence-electron chi connectivity index (χ0n) is 14.5. The van der Waals surface area contributed by atoms with Gasteiger partial charge in [-0.05, 0) is 23.8 Å². The number of β-amino-alcohol motifs (C(OH)–C–C–N with tert-alkyl or cyclic N) is 1. The van der Waals surface area contributed by atoms with E-state index >= 15 is 0 Å². The number of benzene rings is 2. The van der Waals surface area contributed by atoms with E-state index in [1.807, 2.05) is 35.2 Å². The molecule has 2 heterocycles. The predicted octanol–water partition coefficient (Wildman–Crippen LogP) is 1.91. The standard InChI is InChI=1S/C20H22N2O4/c23-17(15-4-2-1-3-5-15)13-21-8-10-22(11-9-21)20(24)16-6-7-18-19(12-16)26-14-25-18/h1-7,12,17,23H,8-11,13-14H2/t17-/m1/s1. The van der Waals surface area contributed by atoms with E-state index in [-0.39, 0.29) is 12.7 Å². The van der Waals surface area contributed by atoms with Gasteiger partial charge in [0.15, 0.2) is 11.5 Å². The topological polar surface area (TPSA) is 62.2 Å². The molecule has 26 heavy (non-hydrogen) atoms. The highest BCUT2D eigenvalue weighted by atomic mass is 16.7. The summed E-state index contributed by atoms with van der Waals surface area (Å²) in [4.78, 5) is 16.8. The van der Waals surface area contributed by atoms with Gasteiger partial charge in [-0.25, -0.2) is 0 Å². The molecule has 6 nitrogen and oxygen atoms in total. The van der Waals surface area contributed by atoms with E-state index in [0.29, 0.717) is 36.7 Å². The number of hydrogen-bond acceptors (Lipinski definition) is 5. The molecule has 0 bridgehead atoms. The van der Waals surface area contributed by atoms with Crippen LogP contribution < -0.4 is 9.47 Å². The average molecular weight is 354 g/mol. The monoisotopic (exact) mass is 354 g/mol. The van der Waals surface area contributed by atoms with E-state index in [9.17, 15) is 9.90 Å². The van der Waals surface area contributed by atoms with Crippen molar-refractivity contribution >= 4 is 5.91 Å². The number of amides is 1. The Morgan fingerprint density at radius 3 is 2.50 bits per heavy atom. The second-order valence-electron chi connectivity index (χ2n) is 6.59. The second-order valence-corrected chi connectivity index (χ2v) is 6.59. The molecule has 0 aliphatic carbocycles. The molecule has 0 aromatic heterocycles. The van der Waals surface area contributed by atoms with Gasteiger partial charge in [-0.15, -0.1) is 0 Å². The van der Waals surface area contributed by atoms with Gasteiger partial charge < -0.3 is 19.5 Å². The lowest BCUT2D eigenvalue weighted by molar-refractivity contribution is 0.0527. The summed E-state index contributed by atoms with van der Waals surface area (Å²) in [5.41, 5.74) is 1.54. The van der Waals surface area contributed by atoms with Crippen molar-refractivity contribution in [3.63, 3.8) is 0 Å². The minimum atomic E-state index is -0.507. The normalized spacial score (nSPS) is 18.0. The van der Waals surface area contributed by atoms with Crippen LogP contribution in [0, 0.1) is 0 Å². The molecular formula is C20H22N2O4. The van der Waals surface area contributed by atoms with Crippen LogP contribution >= 0.6 is 0 Å². The highest BCUT2D eigenvalue weighted by Crippen LogP contribution is 2.32. The molecule has 2 aliphatic rings. The van der Waals surface area contributed by atoms with Gasteiger partial charge in [0.2, 0.25) is 6.79 Å². The van der Waals surface area contributed by atoms with Crippen LogP contribution in [0.5, 0.6) is 11.5 Å². The molecule has 136 valence electrons. The van der Waals surface area contributed by atoms with Crippen molar-refractivity contribution in [3.05, 3.63) is 59.7 Å². The minimum Gasteiger partial charge on any atom is -0.454 e. The van der Waals surface area contributed by atoms with Crippen LogP contribution in [0.1, 0.15) is 22.0 Å². The maximum Gasteiger partial charge on any atom is 0.254 e. The van der Waals surface area contributed by atoms with Crippen LogP contribution in [-0.2, 0) is 0 Å². The second kappa shape index (κ2) is 7.35. The number of fused-ring (bicyclic) bond motifs is 1. The van der Waals surface area contributed by atoms with Gasteiger partial charge in [0.25, 0.3) is 5.91 Å². The summed E-state index contributed by atoms with van der Waals surface area (Å²) in [6.07, 6.45) is -0.507. The third kappa shape index (κ3) is 3.52. The SMILES string of the molecule is O=C(c1ccc2c(c1)OCO2)N1CCN(C[C@@H](O)c2ccccc2)CC1. The molecule has 0 radical (unpaired) electrons. The molecule has 6 heteroatoms. The molecule has 4 rings (SSSR count). The molecule has 2 aromatic rings. The molecule has 2 aliphatic heterocycles. The van der Waals surface area contributed by atoms with E-state index in [1.165, 1.54) is 0 Å². The maximum absolute atomic E-state index is 12.7. The number of aliphatic hydroxyl groups excluding tert-OH is 1. The molecule has 1 saturated heterocycles. The van der Waals surface area contributed by atoms with Crippen LogP contribution in [0.2, 0.25) is 0 Å². The van der Waals surface area contributed by atoms with Crippen LogP contribution in [0.15, 0.2) is 48.5 Å². The van der Waals surface area contributed by atoms with E-state index in [2.05, 4.69) is 4.90 Å². The zero-order valence-corrected chi connectivity index (χ0v) is 14.5. The molecular weight excluding hydrogens is 332 g/mol. The number of rotatable bonds is 4. The quantitative estimate of drug-likeness (QED) is 0.909. The minimum absolute atomic E-state index is 0.00607. The van der Waals surface area contributed by atoms with Gasteiger partial charge >= 0.3 is 0 Å². The van der Waals surface area contributed by atoms with E-state index in [4.69, 9.17) is 9.47 Å². The van der Waals surface area contributed by atoms with Crippen LogP contribution in [0.3, 0.4) is 0 Å². The fraction of sp³-hybridized carbons (Fsp3) is 0.350.